The van der Waals surface area contributed by atoms with Gasteiger partial charge in [-0.15, -0.1) is 0 Å². The Morgan fingerprint density at radius 3 is 2.58 bits per heavy atom. The van der Waals surface area contributed by atoms with Gasteiger partial charge in [0.15, 0.2) is 17.4 Å². The lowest BCUT2D eigenvalue weighted by molar-refractivity contribution is -0.140. The molecular weight excluding hydrogens is 476 g/mol. The fourth-order valence-electron chi connectivity index (χ4n) is 5.09. The van der Waals surface area contributed by atoms with Crippen LogP contribution in [0.1, 0.15) is 44.2 Å². The second kappa shape index (κ2) is 10.1. The molecule has 1 saturated heterocycles. The Labute approximate surface area is 206 Å². The molecule has 2 aromatic heterocycles. The summed E-state index contributed by atoms with van der Waals surface area (Å²) in [7, 11) is 0. The van der Waals surface area contributed by atoms with Crippen molar-refractivity contribution < 1.29 is 22.3 Å². The van der Waals surface area contributed by atoms with Gasteiger partial charge in [0.25, 0.3) is 0 Å². The monoisotopic (exact) mass is 506 g/mol. The van der Waals surface area contributed by atoms with E-state index >= 15 is 0 Å². The summed E-state index contributed by atoms with van der Waals surface area (Å²) in [5.74, 6) is 0.0102. The maximum Gasteiger partial charge on any atom is 0.419 e. The first-order valence-corrected chi connectivity index (χ1v) is 12.4. The molecule has 3 aromatic rings. The molecule has 2 N–H and O–H groups in total. The van der Waals surface area contributed by atoms with Gasteiger partial charge in [0, 0.05) is 45.0 Å². The summed E-state index contributed by atoms with van der Waals surface area (Å²) >= 11 is 0. The van der Waals surface area contributed by atoms with Gasteiger partial charge in [-0.05, 0) is 44.7 Å². The summed E-state index contributed by atoms with van der Waals surface area (Å²) in [5.41, 5.74) is -0.301. The Morgan fingerprint density at radius 1 is 1.14 bits per heavy atom. The Morgan fingerprint density at radius 2 is 1.89 bits per heavy atom. The first kappa shape index (κ1) is 24.6. The average molecular weight is 507 g/mol. The number of halogens is 4. The largest absolute Gasteiger partial charge is 0.487 e. The zero-order valence-electron chi connectivity index (χ0n) is 20.1. The number of alkyl halides is 3. The SMILES string of the molecule is CCNc1cc2c(cn1)c(N1CCNCC1)nn2C1CCC(Oc2cccc(C(F)(F)F)c2F)CC1. The third-order valence-electron chi connectivity index (χ3n) is 6.90. The topological polar surface area (TPSA) is 67.2 Å². The molecule has 1 aromatic carbocycles. The third kappa shape index (κ3) is 4.93. The van der Waals surface area contributed by atoms with Crippen LogP contribution in [0.5, 0.6) is 5.75 Å². The third-order valence-corrected chi connectivity index (χ3v) is 6.90. The van der Waals surface area contributed by atoms with Crippen LogP contribution in [0.25, 0.3) is 10.9 Å². The predicted octanol–water partition coefficient (Wildman–Crippen LogP) is 4.99. The molecule has 0 atom stereocenters. The van der Waals surface area contributed by atoms with Crippen LogP contribution in [0, 0.1) is 5.82 Å². The van der Waals surface area contributed by atoms with Gasteiger partial charge in [0.1, 0.15) is 5.82 Å². The Balaban J connectivity index is 1.35. The van der Waals surface area contributed by atoms with Gasteiger partial charge >= 0.3 is 6.18 Å². The summed E-state index contributed by atoms with van der Waals surface area (Å²) in [6.07, 6.45) is -0.604. The summed E-state index contributed by atoms with van der Waals surface area (Å²) in [6, 6.07) is 5.29. The molecule has 0 radical (unpaired) electrons. The van der Waals surface area contributed by atoms with Gasteiger partial charge in [-0.2, -0.15) is 18.3 Å². The van der Waals surface area contributed by atoms with Crippen LogP contribution in [0.3, 0.4) is 0 Å². The first-order valence-electron chi connectivity index (χ1n) is 12.4. The molecule has 0 bridgehead atoms. The molecule has 1 aliphatic heterocycles. The van der Waals surface area contributed by atoms with E-state index in [2.05, 4.69) is 25.2 Å². The van der Waals surface area contributed by atoms with Crippen molar-refractivity contribution in [3.05, 3.63) is 41.8 Å². The summed E-state index contributed by atoms with van der Waals surface area (Å²) in [6.45, 7) is 6.29. The molecule has 36 heavy (non-hydrogen) atoms. The molecule has 1 aliphatic carbocycles. The highest BCUT2D eigenvalue weighted by Crippen LogP contribution is 2.38. The summed E-state index contributed by atoms with van der Waals surface area (Å²) in [4.78, 5) is 6.83. The van der Waals surface area contributed by atoms with E-state index in [0.717, 1.165) is 74.2 Å². The fourth-order valence-corrected chi connectivity index (χ4v) is 5.09. The minimum atomic E-state index is -4.76. The standard InChI is InChI=1S/C25H30F4N6O/c1-2-31-22-14-20-18(15-32-22)24(34-12-10-30-11-13-34)33-35(20)16-6-8-17(9-7-16)36-21-5-3-4-19(23(21)26)25(27,28)29/h3-5,14-17,30H,2,6-13H2,1H3,(H,31,32). The van der Waals surface area contributed by atoms with Crippen LogP contribution in [0.4, 0.5) is 29.2 Å². The average Bonchev–Trinajstić information content (AvgIpc) is 3.25. The van der Waals surface area contributed by atoms with Gasteiger partial charge in [-0.3, -0.25) is 4.68 Å². The number of piperazine rings is 1. The van der Waals surface area contributed by atoms with Crippen LogP contribution in [-0.4, -0.2) is 53.6 Å². The number of benzene rings is 1. The molecule has 2 aliphatic rings. The van der Waals surface area contributed by atoms with Crippen LogP contribution in [0.2, 0.25) is 0 Å². The Bertz CT molecular complexity index is 1200. The number of rotatable bonds is 6. The zero-order valence-corrected chi connectivity index (χ0v) is 20.1. The number of fused-ring (bicyclic) bond motifs is 1. The van der Waals surface area contributed by atoms with E-state index in [0.29, 0.717) is 12.8 Å². The normalized spacial score (nSPS) is 21.1. The fraction of sp³-hybridized carbons (Fsp3) is 0.520. The van der Waals surface area contributed by atoms with Crippen molar-refractivity contribution >= 4 is 22.5 Å². The van der Waals surface area contributed by atoms with Gasteiger partial charge in [0.05, 0.1) is 28.6 Å². The maximum absolute atomic E-state index is 14.4. The van der Waals surface area contributed by atoms with E-state index < -0.39 is 17.6 Å². The molecule has 7 nitrogen and oxygen atoms in total. The molecule has 11 heteroatoms. The number of hydrogen-bond donors (Lipinski definition) is 2. The van der Waals surface area contributed by atoms with Crippen molar-refractivity contribution in [1.29, 1.82) is 0 Å². The van der Waals surface area contributed by atoms with Crippen molar-refractivity contribution in [3.8, 4) is 5.75 Å². The predicted molar refractivity (Wildman–Crippen MR) is 130 cm³/mol. The second-order valence-corrected chi connectivity index (χ2v) is 9.29. The smallest absolute Gasteiger partial charge is 0.419 e. The highest BCUT2D eigenvalue weighted by atomic mass is 19.4. The molecule has 5 rings (SSSR count). The minimum absolute atomic E-state index is 0.104. The number of ether oxygens (including phenoxy) is 1. The number of anilines is 2. The van der Waals surface area contributed by atoms with Gasteiger partial charge in [-0.25, -0.2) is 9.37 Å². The summed E-state index contributed by atoms with van der Waals surface area (Å²) < 4.78 is 61.4. The van der Waals surface area contributed by atoms with Gasteiger partial charge in [0.2, 0.25) is 0 Å². The van der Waals surface area contributed by atoms with Crippen LogP contribution < -0.4 is 20.3 Å². The minimum Gasteiger partial charge on any atom is -0.487 e. The lowest BCUT2D eigenvalue weighted by Gasteiger charge is -2.30. The Kier molecular flexibility index (Phi) is 6.92. The summed E-state index contributed by atoms with van der Waals surface area (Å²) in [5, 5.41) is 12.6. The van der Waals surface area contributed by atoms with Crippen LogP contribution >= 0.6 is 0 Å². The highest BCUT2D eigenvalue weighted by Gasteiger charge is 2.36. The maximum atomic E-state index is 14.4. The molecule has 1 saturated carbocycles. The van der Waals surface area contributed by atoms with E-state index in [1.54, 1.807) is 0 Å². The molecule has 194 valence electrons. The first-order chi connectivity index (χ1) is 17.3. The van der Waals surface area contributed by atoms with E-state index in [1.807, 2.05) is 19.2 Å². The van der Waals surface area contributed by atoms with E-state index in [9.17, 15) is 17.6 Å². The highest BCUT2D eigenvalue weighted by molar-refractivity contribution is 5.91. The lowest BCUT2D eigenvalue weighted by atomic mass is 9.93. The molecule has 0 unspecified atom stereocenters. The number of pyridine rings is 1. The number of hydrogen-bond acceptors (Lipinski definition) is 6. The molecule has 3 heterocycles. The van der Waals surface area contributed by atoms with Crippen molar-refractivity contribution in [1.82, 2.24) is 20.1 Å². The Hall–Kier alpha value is -3.08. The van der Waals surface area contributed by atoms with E-state index in [1.165, 1.54) is 12.1 Å². The molecular formula is C25H30F4N6O. The quantitative estimate of drug-likeness (QED) is 0.459. The van der Waals surface area contributed by atoms with Crippen molar-refractivity contribution in [2.75, 3.05) is 42.9 Å². The second-order valence-electron chi connectivity index (χ2n) is 9.29. The van der Waals surface area contributed by atoms with Crippen molar-refractivity contribution in [2.24, 2.45) is 0 Å². The van der Waals surface area contributed by atoms with E-state index in [-0.39, 0.29) is 17.9 Å². The zero-order chi connectivity index (χ0) is 25.3. The van der Waals surface area contributed by atoms with Crippen LogP contribution in [-0.2, 0) is 6.18 Å². The van der Waals surface area contributed by atoms with Crippen LogP contribution in [0.15, 0.2) is 30.5 Å². The lowest BCUT2D eigenvalue weighted by Crippen LogP contribution is -2.43. The molecule has 0 spiro atoms. The molecule has 0 amide bonds. The van der Waals surface area contributed by atoms with Crippen molar-refractivity contribution in [3.63, 3.8) is 0 Å². The number of nitrogens with zero attached hydrogens (tertiary/aromatic N) is 4. The van der Waals surface area contributed by atoms with Crippen molar-refractivity contribution in [2.45, 2.75) is 50.9 Å². The number of nitrogens with one attached hydrogen (secondary N) is 2. The van der Waals surface area contributed by atoms with Gasteiger partial charge in [-0.1, -0.05) is 6.07 Å². The van der Waals surface area contributed by atoms with Gasteiger partial charge < -0.3 is 20.3 Å². The molecule has 2 fully saturated rings. The van der Waals surface area contributed by atoms with E-state index in [4.69, 9.17) is 9.84 Å². The number of aromatic nitrogens is 3.